The number of aryl methyl sites for hydroxylation is 1. The Hall–Kier alpha value is -1.96. The van der Waals surface area contributed by atoms with Crippen LogP contribution in [-0.2, 0) is 17.8 Å². The Morgan fingerprint density at radius 3 is 2.70 bits per heavy atom. The van der Waals surface area contributed by atoms with Crippen molar-refractivity contribution >= 4 is 0 Å². The summed E-state index contributed by atoms with van der Waals surface area (Å²) in [6.45, 7) is 4.82. The van der Waals surface area contributed by atoms with Crippen LogP contribution in [0.2, 0.25) is 0 Å². The zero-order chi connectivity index (χ0) is 19.1. The van der Waals surface area contributed by atoms with Gasteiger partial charge in [-0.3, -0.25) is 9.88 Å². The number of nitrogens with zero attached hydrogens (tertiary/aromatic N) is 2. The molecule has 0 aliphatic carbocycles. The molecule has 0 spiro atoms. The Morgan fingerprint density at radius 2 is 1.93 bits per heavy atom. The Balaban J connectivity index is 1.39. The molecule has 27 heavy (non-hydrogen) atoms. The lowest BCUT2D eigenvalue weighted by molar-refractivity contribution is -0.0413. The quantitative estimate of drug-likeness (QED) is 0.835. The molecule has 4 rings (SSSR count). The number of halogens is 3. The number of nitrogens with two attached hydrogens (primary N) is 1. The highest BCUT2D eigenvalue weighted by Crippen LogP contribution is 2.33. The highest BCUT2D eigenvalue weighted by atomic mass is 19.2. The van der Waals surface area contributed by atoms with E-state index in [9.17, 15) is 13.2 Å². The van der Waals surface area contributed by atoms with Gasteiger partial charge in [0.1, 0.15) is 11.9 Å². The van der Waals surface area contributed by atoms with Crippen LogP contribution in [0.15, 0.2) is 24.3 Å². The number of fused-ring (bicyclic) bond motifs is 1. The van der Waals surface area contributed by atoms with Gasteiger partial charge in [-0.15, -0.1) is 0 Å². The maximum atomic E-state index is 14.0. The maximum Gasteiger partial charge on any atom is 0.161 e. The molecule has 1 aromatic heterocycles. The van der Waals surface area contributed by atoms with Crippen LogP contribution in [-0.4, -0.2) is 29.1 Å². The predicted molar refractivity (Wildman–Crippen MR) is 94.2 cm³/mol. The van der Waals surface area contributed by atoms with Gasteiger partial charge in [0.15, 0.2) is 11.6 Å². The fourth-order valence-electron chi connectivity index (χ4n) is 4.07. The summed E-state index contributed by atoms with van der Waals surface area (Å²) in [6.07, 6.45) is -0.140. The molecular formula is C20H22F3N3O. The minimum atomic E-state index is -1.21. The van der Waals surface area contributed by atoms with Crippen LogP contribution in [0.25, 0.3) is 0 Å². The van der Waals surface area contributed by atoms with Crippen LogP contribution in [0, 0.1) is 30.3 Å². The lowest BCUT2D eigenvalue weighted by Gasteiger charge is -2.36. The molecule has 2 aliphatic heterocycles. The summed E-state index contributed by atoms with van der Waals surface area (Å²) in [5.41, 5.74) is 9.54. The van der Waals surface area contributed by atoms with Gasteiger partial charge in [-0.05, 0) is 37.0 Å². The van der Waals surface area contributed by atoms with Gasteiger partial charge in [-0.25, -0.2) is 13.2 Å². The van der Waals surface area contributed by atoms with E-state index in [2.05, 4.69) is 16.0 Å². The van der Waals surface area contributed by atoms with Gasteiger partial charge in [0.05, 0.1) is 12.3 Å². The molecule has 2 N–H and O–H groups in total. The fraction of sp³-hybridized carbons (Fsp3) is 0.450. The van der Waals surface area contributed by atoms with E-state index in [4.69, 9.17) is 10.5 Å². The van der Waals surface area contributed by atoms with Gasteiger partial charge in [0.25, 0.3) is 0 Å². The second kappa shape index (κ2) is 7.22. The zero-order valence-electron chi connectivity index (χ0n) is 15.1. The Morgan fingerprint density at radius 1 is 1.15 bits per heavy atom. The molecular weight excluding hydrogens is 355 g/mol. The number of rotatable bonds is 3. The van der Waals surface area contributed by atoms with E-state index in [0.29, 0.717) is 19.1 Å². The van der Waals surface area contributed by atoms with E-state index < -0.39 is 29.6 Å². The Labute approximate surface area is 156 Å². The number of pyridine rings is 1. The van der Waals surface area contributed by atoms with Gasteiger partial charge in [-0.1, -0.05) is 6.07 Å². The third-order valence-electron chi connectivity index (χ3n) is 5.34. The topological polar surface area (TPSA) is 51.4 Å². The first-order valence-corrected chi connectivity index (χ1v) is 9.10. The van der Waals surface area contributed by atoms with Gasteiger partial charge in [-0.2, -0.15) is 0 Å². The molecule has 144 valence electrons. The smallest absolute Gasteiger partial charge is 0.161 e. The molecule has 0 radical (unpaired) electrons. The number of ether oxygens (including phenoxy) is 1. The van der Waals surface area contributed by atoms with Crippen LogP contribution in [0.4, 0.5) is 13.2 Å². The van der Waals surface area contributed by atoms with Crippen LogP contribution in [0.5, 0.6) is 0 Å². The minimum absolute atomic E-state index is 0.0203. The highest BCUT2D eigenvalue weighted by Gasteiger charge is 2.34. The number of hydrogen-bond acceptors (Lipinski definition) is 4. The molecule has 7 heteroatoms. The van der Waals surface area contributed by atoms with Crippen molar-refractivity contribution in [3.05, 3.63) is 64.2 Å². The van der Waals surface area contributed by atoms with E-state index in [0.717, 1.165) is 37.1 Å². The molecule has 3 heterocycles. The number of hydrogen-bond donors (Lipinski definition) is 1. The summed E-state index contributed by atoms with van der Waals surface area (Å²) in [5.74, 6) is -2.94. The molecule has 2 aromatic rings. The summed E-state index contributed by atoms with van der Waals surface area (Å²) in [7, 11) is 0. The van der Waals surface area contributed by atoms with E-state index in [1.165, 1.54) is 5.56 Å². The average Bonchev–Trinajstić information content (AvgIpc) is 3.00. The first kappa shape index (κ1) is 18.4. The molecule has 0 bridgehead atoms. The predicted octanol–water partition coefficient (Wildman–Crippen LogP) is 3.23. The zero-order valence-corrected chi connectivity index (χ0v) is 15.1. The summed E-state index contributed by atoms with van der Waals surface area (Å²) >= 11 is 0. The van der Waals surface area contributed by atoms with Gasteiger partial charge < -0.3 is 10.5 Å². The molecule has 0 amide bonds. The van der Waals surface area contributed by atoms with Crippen molar-refractivity contribution in [2.45, 2.75) is 38.6 Å². The summed E-state index contributed by atoms with van der Waals surface area (Å²) < 4.78 is 46.5. The minimum Gasteiger partial charge on any atom is -0.371 e. The van der Waals surface area contributed by atoms with Gasteiger partial charge in [0.2, 0.25) is 0 Å². The van der Waals surface area contributed by atoms with Crippen LogP contribution < -0.4 is 5.73 Å². The maximum absolute atomic E-state index is 14.0. The molecule has 4 nitrogen and oxygen atoms in total. The van der Waals surface area contributed by atoms with Crippen LogP contribution >= 0.6 is 0 Å². The third kappa shape index (κ3) is 3.72. The molecule has 2 aliphatic rings. The van der Waals surface area contributed by atoms with Crippen molar-refractivity contribution in [3.8, 4) is 0 Å². The summed E-state index contributed by atoms with van der Waals surface area (Å²) in [6, 6.07) is 5.05. The van der Waals surface area contributed by atoms with Crippen molar-refractivity contribution in [1.82, 2.24) is 9.88 Å². The SMILES string of the molecule is Cc1ccc2c(n1)CN(CC1COC(c3cc(F)c(F)cc3F)[C@@H](N)C1)C2. The first-order valence-electron chi connectivity index (χ1n) is 9.10. The van der Waals surface area contributed by atoms with Crippen molar-refractivity contribution in [2.24, 2.45) is 11.7 Å². The second-order valence-corrected chi connectivity index (χ2v) is 7.54. The van der Waals surface area contributed by atoms with E-state index in [1.807, 2.05) is 13.0 Å². The Kier molecular flexibility index (Phi) is 4.92. The molecule has 0 saturated carbocycles. The van der Waals surface area contributed by atoms with Crippen molar-refractivity contribution in [1.29, 1.82) is 0 Å². The molecule has 1 aromatic carbocycles. The normalized spacial score (nSPS) is 25.6. The van der Waals surface area contributed by atoms with Gasteiger partial charge >= 0.3 is 0 Å². The number of benzene rings is 1. The Bertz CT molecular complexity index is 861. The van der Waals surface area contributed by atoms with Crippen LogP contribution in [0.1, 0.15) is 35.0 Å². The van der Waals surface area contributed by atoms with E-state index >= 15 is 0 Å². The molecule has 1 saturated heterocycles. The van der Waals surface area contributed by atoms with Crippen molar-refractivity contribution in [3.63, 3.8) is 0 Å². The summed E-state index contributed by atoms with van der Waals surface area (Å²) in [4.78, 5) is 6.89. The van der Waals surface area contributed by atoms with Crippen LogP contribution in [0.3, 0.4) is 0 Å². The van der Waals surface area contributed by atoms with Crippen molar-refractivity contribution < 1.29 is 17.9 Å². The molecule has 3 atom stereocenters. The van der Waals surface area contributed by atoms with Crippen molar-refractivity contribution in [2.75, 3.05) is 13.2 Å². The average molecular weight is 377 g/mol. The second-order valence-electron chi connectivity index (χ2n) is 7.54. The lowest BCUT2D eigenvalue weighted by atomic mass is 9.90. The van der Waals surface area contributed by atoms with Gasteiger partial charge in [0, 0.05) is 43.0 Å². The highest BCUT2D eigenvalue weighted by molar-refractivity contribution is 5.26. The lowest BCUT2D eigenvalue weighted by Crippen LogP contribution is -2.42. The third-order valence-corrected chi connectivity index (χ3v) is 5.34. The van der Waals surface area contributed by atoms with E-state index in [-0.39, 0.29) is 11.5 Å². The number of aromatic nitrogens is 1. The summed E-state index contributed by atoms with van der Waals surface area (Å²) in [5, 5.41) is 0. The first-order chi connectivity index (χ1) is 12.9. The van der Waals surface area contributed by atoms with E-state index in [1.54, 1.807) is 0 Å². The molecule has 1 fully saturated rings. The monoisotopic (exact) mass is 377 g/mol. The largest absolute Gasteiger partial charge is 0.371 e. The fourth-order valence-corrected chi connectivity index (χ4v) is 4.07. The molecule has 2 unspecified atom stereocenters. The standard InChI is InChI=1S/C20H22F3N3O/c1-11-2-3-13-8-26(9-19(13)25-11)7-12-4-18(24)20(27-10-12)14-5-16(22)17(23)6-15(14)21/h2-3,5-6,12,18,20H,4,7-10,24H2,1H3/t12?,18-,20?/m0/s1.